The molecule has 78 valence electrons. The van der Waals surface area contributed by atoms with Gasteiger partial charge in [0, 0.05) is 27.1 Å². The lowest BCUT2D eigenvalue weighted by molar-refractivity contribution is -0.141. The maximum Gasteiger partial charge on any atom is 0.311 e. The maximum atomic E-state index is 11.3. The lowest BCUT2D eigenvalue weighted by atomic mass is 10.2. The van der Waals surface area contributed by atoms with Crippen molar-refractivity contribution in [2.24, 2.45) is 0 Å². The van der Waals surface area contributed by atoms with Crippen molar-refractivity contribution < 1.29 is 9.53 Å². The third-order valence-corrected chi connectivity index (χ3v) is 2.54. The molecule has 0 atom stereocenters. The number of benzene rings is 1. The zero-order chi connectivity index (χ0) is 11.1. The molecule has 1 rings (SSSR count). The molecule has 0 saturated carbocycles. The van der Waals surface area contributed by atoms with E-state index in [1.54, 1.807) is 0 Å². The largest absolute Gasteiger partial charge is 0.452 e. The molecule has 1 aromatic carbocycles. The molecular formula is C11H8BrIO2. The first-order valence-electron chi connectivity index (χ1n) is 4.21. The van der Waals surface area contributed by atoms with Crippen molar-refractivity contribution in [3.8, 4) is 9.85 Å². The molecule has 0 saturated heterocycles. The van der Waals surface area contributed by atoms with E-state index in [-0.39, 0.29) is 19.0 Å². The number of halogens is 2. The van der Waals surface area contributed by atoms with Gasteiger partial charge in [-0.05, 0) is 21.6 Å². The van der Waals surface area contributed by atoms with E-state index >= 15 is 0 Å². The Morgan fingerprint density at radius 1 is 1.40 bits per heavy atom. The van der Waals surface area contributed by atoms with Crippen molar-refractivity contribution in [2.45, 2.75) is 6.42 Å². The molecule has 1 aromatic rings. The number of hydrogen-bond donors (Lipinski definition) is 0. The second-order valence-electron chi connectivity index (χ2n) is 2.74. The first-order chi connectivity index (χ1) is 7.22. The highest BCUT2D eigenvalue weighted by molar-refractivity contribution is 14.1. The smallest absolute Gasteiger partial charge is 0.311 e. The highest BCUT2D eigenvalue weighted by Gasteiger charge is 2.03. The lowest BCUT2D eigenvalue weighted by Crippen LogP contribution is -2.07. The van der Waals surface area contributed by atoms with Crippen LogP contribution in [0.1, 0.15) is 5.56 Å². The summed E-state index contributed by atoms with van der Waals surface area (Å²) in [5.41, 5.74) is 0.936. The van der Waals surface area contributed by atoms with Crippen LogP contribution in [0.15, 0.2) is 28.7 Å². The first-order valence-corrected chi connectivity index (χ1v) is 6.08. The van der Waals surface area contributed by atoms with Crippen molar-refractivity contribution in [1.82, 2.24) is 0 Å². The van der Waals surface area contributed by atoms with Crippen molar-refractivity contribution in [1.29, 1.82) is 0 Å². The van der Waals surface area contributed by atoms with Gasteiger partial charge in [0.1, 0.15) is 0 Å². The van der Waals surface area contributed by atoms with Gasteiger partial charge in [-0.15, -0.1) is 0 Å². The molecule has 0 aliphatic rings. The van der Waals surface area contributed by atoms with E-state index in [4.69, 9.17) is 4.74 Å². The summed E-state index contributed by atoms with van der Waals surface area (Å²) in [5, 5.41) is 0. The maximum absolute atomic E-state index is 11.3. The average Bonchev–Trinajstić information content (AvgIpc) is 2.22. The zero-order valence-electron chi connectivity index (χ0n) is 7.80. The van der Waals surface area contributed by atoms with Crippen LogP contribution in [0.2, 0.25) is 0 Å². The molecule has 0 fully saturated rings. The highest BCUT2D eigenvalue weighted by atomic mass is 127. The molecule has 0 N–H and O–H groups in total. The van der Waals surface area contributed by atoms with Gasteiger partial charge in [0.15, 0.2) is 6.61 Å². The Labute approximate surface area is 111 Å². The van der Waals surface area contributed by atoms with Gasteiger partial charge in [0.05, 0.1) is 6.42 Å². The SMILES string of the molecule is O=C(Cc1ccc(Br)cc1)OCC#CI. The molecule has 4 heteroatoms. The zero-order valence-corrected chi connectivity index (χ0v) is 11.5. The fourth-order valence-corrected chi connectivity index (χ4v) is 1.38. The molecule has 0 aliphatic carbocycles. The molecule has 0 radical (unpaired) electrons. The summed E-state index contributed by atoms with van der Waals surface area (Å²) in [6.07, 6.45) is 0.288. The van der Waals surface area contributed by atoms with Crippen LogP contribution in [0, 0.1) is 9.85 Å². The third-order valence-electron chi connectivity index (χ3n) is 1.63. The van der Waals surface area contributed by atoms with Crippen LogP contribution >= 0.6 is 38.5 Å². The Kier molecular flexibility index (Phi) is 5.73. The number of carbonyl (C=O) groups excluding carboxylic acids is 1. The minimum absolute atomic E-state index is 0.165. The topological polar surface area (TPSA) is 26.3 Å². The summed E-state index contributed by atoms with van der Waals surface area (Å²) in [5.74, 6) is 2.41. The van der Waals surface area contributed by atoms with Crippen molar-refractivity contribution in [2.75, 3.05) is 6.61 Å². The molecule has 0 spiro atoms. The Morgan fingerprint density at radius 3 is 2.67 bits per heavy atom. The van der Waals surface area contributed by atoms with Crippen LogP contribution in [-0.2, 0) is 16.0 Å². The number of carbonyl (C=O) groups is 1. The predicted molar refractivity (Wildman–Crippen MR) is 70.6 cm³/mol. The first kappa shape index (κ1) is 12.5. The number of ether oxygens (including phenoxy) is 1. The summed E-state index contributed by atoms with van der Waals surface area (Å²) in [7, 11) is 0. The summed E-state index contributed by atoms with van der Waals surface area (Å²) in [4.78, 5) is 11.3. The Bertz CT molecular complexity index is 389. The van der Waals surface area contributed by atoms with Gasteiger partial charge < -0.3 is 4.74 Å². The van der Waals surface area contributed by atoms with Gasteiger partial charge in [-0.3, -0.25) is 4.79 Å². The standard InChI is InChI=1S/C11H8BrIO2/c12-10-4-2-9(3-5-10)8-11(14)15-7-1-6-13/h2-5H,7-8H2. The molecule has 0 aromatic heterocycles. The van der Waals surface area contributed by atoms with Crippen LogP contribution in [-0.4, -0.2) is 12.6 Å². The Morgan fingerprint density at radius 2 is 2.07 bits per heavy atom. The molecular weight excluding hydrogens is 371 g/mol. The minimum Gasteiger partial charge on any atom is -0.452 e. The van der Waals surface area contributed by atoms with Crippen LogP contribution in [0.5, 0.6) is 0 Å². The number of rotatable bonds is 3. The Hall–Kier alpha value is -0.540. The molecule has 0 amide bonds. The molecule has 0 unspecified atom stereocenters. The van der Waals surface area contributed by atoms with E-state index in [0.717, 1.165) is 10.0 Å². The monoisotopic (exact) mass is 378 g/mol. The van der Waals surface area contributed by atoms with E-state index in [0.29, 0.717) is 0 Å². The Balaban J connectivity index is 2.43. The van der Waals surface area contributed by atoms with Gasteiger partial charge in [0.2, 0.25) is 0 Å². The van der Waals surface area contributed by atoms with Gasteiger partial charge in [-0.25, -0.2) is 0 Å². The summed E-state index contributed by atoms with van der Waals surface area (Å²) >= 11 is 5.23. The molecule has 2 nitrogen and oxygen atoms in total. The van der Waals surface area contributed by atoms with E-state index in [9.17, 15) is 4.79 Å². The van der Waals surface area contributed by atoms with E-state index in [1.165, 1.54) is 0 Å². The molecule has 0 heterocycles. The van der Waals surface area contributed by atoms with Gasteiger partial charge >= 0.3 is 5.97 Å². The molecule has 0 bridgehead atoms. The summed E-state index contributed by atoms with van der Waals surface area (Å²) in [6.45, 7) is 0.165. The normalized spacial score (nSPS) is 8.93. The van der Waals surface area contributed by atoms with Crippen LogP contribution < -0.4 is 0 Å². The summed E-state index contributed by atoms with van der Waals surface area (Å²) < 4.78 is 8.51. The second kappa shape index (κ2) is 6.85. The third kappa shape index (κ3) is 5.19. The highest BCUT2D eigenvalue weighted by Crippen LogP contribution is 2.11. The van der Waals surface area contributed by atoms with E-state index in [2.05, 4.69) is 25.8 Å². The van der Waals surface area contributed by atoms with Crippen molar-refractivity contribution in [3.63, 3.8) is 0 Å². The average molecular weight is 379 g/mol. The van der Waals surface area contributed by atoms with E-state index < -0.39 is 0 Å². The number of hydrogen-bond acceptors (Lipinski definition) is 2. The van der Waals surface area contributed by atoms with Crippen LogP contribution in [0.3, 0.4) is 0 Å². The minimum atomic E-state index is -0.253. The predicted octanol–water partition coefficient (Wildman–Crippen LogP) is 2.93. The fourth-order valence-electron chi connectivity index (χ4n) is 0.964. The van der Waals surface area contributed by atoms with Crippen molar-refractivity contribution >= 4 is 44.5 Å². The number of esters is 1. The van der Waals surface area contributed by atoms with Gasteiger partial charge in [-0.2, -0.15) is 0 Å². The second-order valence-corrected chi connectivity index (χ2v) is 4.19. The summed E-state index contributed by atoms with van der Waals surface area (Å²) in [6, 6.07) is 7.56. The van der Waals surface area contributed by atoms with Crippen molar-refractivity contribution in [3.05, 3.63) is 34.3 Å². The van der Waals surface area contributed by atoms with E-state index in [1.807, 2.05) is 46.9 Å². The van der Waals surface area contributed by atoms with Gasteiger partial charge in [-0.1, -0.05) is 34.0 Å². The van der Waals surface area contributed by atoms with Gasteiger partial charge in [0.25, 0.3) is 0 Å². The van der Waals surface area contributed by atoms with Crippen LogP contribution in [0.25, 0.3) is 0 Å². The quantitative estimate of drug-likeness (QED) is 0.459. The molecule has 0 aliphatic heterocycles. The van der Waals surface area contributed by atoms with Crippen LogP contribution in [0.4, 0.5) is 0 Å². The fraction of sp³-hybridized carbons (Fsp3) is 0.182. The lowest BCUT2D eigenvalue weighted by Gasteiger charge is -2.01. The molecule has 15 heavy (non-hydrogen) atoms.